The highest BCUT2D eigenvalue weighted by Crippen LogP contribution is 2.08. The second kappa shape index (κ2) is 6.14. The van der Waals surface area contributed by atoms with Gasteiger partial charge in [-0.05, 0) is 19.4 Å². The van der Waals surface area contributed by atoms with E-state index in [-0.39, 0.29) is 0 Å². The largest absolute Gasteiger partial charge is 0.311 e. The molecule has 0 saturated carbocycles. The standard InChI is InChI=1S/C12H20N2O2S/c1-10-6-11(2)8-12(7-10)9-13-4-5-14-17(3,15)16/h6-8,13-14H,4-5,9H2,1-3H3. The van der Waals surface area contributed by atoms with E-state index in [0.29, 0.717) is 13.1 Å². The van der Waals surface area contributed by atoms with Crippen molar-refractivity contribution in [2.75, 3.05) is 19.3 Å². The van der Waals surface area contributed by atoms with Crippen molar-refractivity contribution < 1.29 is 8.42 Å². The van der Waals surface area contributed by atoms with E-state index in [4.69, 9.17) is 0 Å². The molecule has 0 aliphatic heterocycles. The van der Waals surface area contributed by atoms with Crippen LogP contribution >= 0.6 is 0 Å². The second-order valence-corrected chi connectivity index (χ2v) is 6.17. The van der Waals surface area contributed by atoms with Gasteiger partial charge in [-0.15, -0.1) is 0 Å². The molecule has 0 heterocycles. The van der Waals surface area contributed by atoms with Crippen molar-refractivity contribution >= 4 is 10.0 Å². The second-order valence-electron chi connectivity index (χ2n) is 4.34. The number of aryl methyl sites for hydroxylation is 2. The summed E-state index contributed by atoms with van der Waals surface area (Å²) in [5, 5.41) is 3.20. The van der Waals surface area contributed by atoms with Crippen molar-refractivity contribution in [3.05, 3.63) is 34.9 Å². The van der Waals surface area contributed by atoms with Gasteiger partial charge in [-0.25, -0.2) is 13.1 Å². The van der Waals surface area contributed by atoms with Crippen LogP contribution in [0.1, 0.15) is 16.7 Å². The highest BCUT2D eigenvalue weighted by molar-refractivity contribution is 7.88. The van der Waals surface area contributed by atoms with Crippen LogP contribution in [0, 0.1) is 13.8 Å². The summed E-state index contributed by atoms with van der Waals surface area (Å²) >= 11 is 0. The predicted molar refractivity (Wildman–Crippen MR) is 70.5 cm³/mol. The summed E-state index contributed by atoms with van der Waals surface area (Å²) in [5.41, 5.74) is 3.72. The van der Waals surface area contributed by atoms with E-state index in [0.717, 1.165) is 12.8 Å². The molecule has 0 unspecified atom stereocenters. The number of sulfonamides is 1. The van der Waals surface area contributed by atoms with Crippen LogP contribution in [0.2, 0.25) is 0 Å². The average Bonchev–Trinajstić information content (AvgIpc) is 2.13. The number of rotatable bonds is 6. The number of hydrogen-bond donors (Lipinski definition) is 2. The van der Waals surface area contributed by atoms with Crippen LogP contribution in [0.5, 0.6) is 0 Å². The summed E-state index contributed by atoms with van der Waals surface area (Å²) in [7, 11) is -3.07. The molecule has 0 aliphatic rings. The maximum Gasteiger partial charge on any atom is 0.208 e. The Morgan fingerprint density at radius 2 is 1.65 bits per heavy atom. The summed E-state index contributed by atoms with van der Waals surface area (Å²) in [6.45, 7) is 5.95. The molecule has 0 aromatic heterocycles. The Labute approximate surface area is 103 Å². The van der Waals surface area contributed by atoms with Crippen molar-refractivity contribution in [2.45, 2.75) is 20.4 Å². The normalized spacial score (nSPS) is 11.7. The van der Waals surface area contributed by atoms with Crippen LogP contribution in [0.15, 0.2) is 18.2 Å². The summed E-state index contributed by atoms with van der Waals surface area (Å²) in [4.78, 5) is 0. The summed E-state index contributed by atoms with van der Waals surface area (Å²) in [5.74, 6) is 0. The molecule has 0 saturated heterocycles. The Balaban J connectivity index is 2.31. The third-order valence-corrected chi connectivity index (χ3v) is 3.01. The lowest BCUT2D eigenvalue weighted by atomic mass is 10.1. The Bertz CT molecular complexity index is 449. The van der Waals surface area contributed by atoms with Gasteiger partial charge >= 0.3 is 0 Å². The molecule has 0 aliphatic carbocycles. The van der Waals surface area contributed by atoms with Gasteiger partial charge in [-0.2, -0.15) is 0 Å². The van der Waals surface area contributed by atoms with Crippen molar-refractivity contribution in [2.24, 2.45) is 0 Å². The van der Waals surface area contributed by atoms with Gasteiger partial charge in [0.1, 0.15) is 0 Å². The van der Waals surface area contributed by atoms with E-state index in [2.05, 4.69) is 42.1 Å². The minimum atomic E-state index is -3.07. The van der Waals surface area contributed by atoms with E-state index in [1.165, 1.54) is 16.7 Å². The molecule has 0 spiro atoms. The molecule has 5 heteroatoms. The van der Waals surface area contributed by atoms with Crippen molar-refractivity contribution in [1.82, 2.24) is 10.0 Å². The molecule has 2 N–H and O–H groups in total. The molecule has 0 radical (unpaired) electrons. The van der Waals surface area contributed by atoms with Gasteiger partial charge in [0.25, 0.3) is 0 Å². The molecule has 1 aromatic rings. The lowest BCUT2D eigenvalue weighted by molar-refractivity contribution is 0.582. The Morgan fingerprint density at radius 3 is 2.18 bits per heavy atom. The van der Waals surface area contributed by atoms with Gasteiger partial charge in [0.05, 0.1) is 6.26 Å². The molecule has 17 heavy (non-hydrogen) atoms. The summed E-state index contributed by atoms with van der Waals surface area (Å²) in [6.07, 6.45) is 1.16. The minimum absolute atomic E-state index is 0.420. The molecule has 4 nitrogen and oxygen atoms in total. The Hall–Kier alpha value is -0.910. The maximum atomic E-state index is 10.8. The summed E-state index contributed by atoms with van der Waals surface area (Å²) in [6, 6.07) is 6.39. The Morgan fingerprint density at radius 1 is 1.06 bits per heavy atom. The van der Waals surface area contributed by atoms with Gasteiger partial charge in [-0.1, -0.05) is 29.3 Å². The smallest absolute Gasteiger partial charge is 0.208 e. The fourth-order valence-electron chi connectivity index (χ4n) is 1.73. The molecule has 0 fully saturated rings. The van der Waals surface area contributed by atoms with Gasteiger partial charge in [-0.3, -0.25) is 0 Å². The molecule has 96 valence electrons. The van der Waals surface area contributed by atoms with Crippen molar-refractivity contribution in [1.29, 1.82) is 0 Å². The van der Waals surface area contributed by atoms with Crippen LogP contribution < -0.4 is 10.0 Å². The lowest BCUT2D eigenvalue weighted by Gasteiger charge is -2.07. The van der Waals surface area contributed by atoms with Crippen LogP contribution in [0.3, 0.4) is 0 Å². The highest BCUT2D eigenvalue weighted by Gasteiger charge is 1.99. The van der Waals surface area contributed by atoms with Crippen molar-refractivity contribution in [3.8, 4) is 0 Å². The monoisotopic (exact) mass is 256 g/mol. The zero-order valence-corrected chi connectivity index (χ0v) is 11.4. The fraction of sp³-hybridized carbons (Fsp3) is 0.500. The van der Waals surface area contributed by atoms with E-state index in [1.807, 2.05) is 0 Å². The Kier molecular flexibility index (Phi) is 5.11. The zero-order chi connectivity index (χ0) is 12.9. The molecular formula is C12H20N2O2S. The molecule has 1 aromatic carbocycles. The third-order valence-electron chi connectivity index (χ3n) is 2.28. The number of hydrogen-bond acceptors (Lipinski definition) is 3. The van der Waals surface area contributed by atoms with Crippen LogP contribution in [0.4, 0.5) is 0 Å². The van der Waals surface area contributed by atoms with Crippen LogP contribution in [0.25, 0.3) is 0 Å². The highest BCUT2D eigenvalue weighted by atomic mass is 32.2. The minimum Gasteiger partial charge on any atom is -0.311 e. The van der Waals surface area contributed by atoms with E-state index < -0.39 is 10.0 Å². The topological polar surface area (TPSA) is 58.2 Å². The average molecular weight is 256 g/mol. The summed E-state index contributed by atoms with van der Waals surface area (Å²) < 4.78 is 24.1. The lowest BCUT2D eigenvalue weighted by Crippen LogP contribution is -2.30. The first kappa shape index (κ1) is 14.2. The number of nitrogens with one attached hydrogen (secondary N) is 2. The van der Waals surface area contributed by atoms with Gasteiger partial charge in [0.2, 0.25) is 10.0 Å². The van der Waals surface area contributed by atoms with Crippen molar-refractivity contribution in [3.63, 3.8) is 0 Å². The SMILES string of the molecule is Cc1cc(C)cc(CNCCNS(C)(=O)=O)c1. The van der Waals surface area contributed by atoms with E-state index in [1.54, 1.807) is 0 Å². The first-order valence-corrected chi connectivity index (χ1v) is 7.48. The predicted octanol–water partition coefficient (Wildman–Crippen LogP) is 0.942. The molecular weight excluding hydrogens is 236 g/mol. The maximum absolute atomic E-state index is 10.8. The van der Waals surface area contributed by atoms with E-state index in [9.17, 15) is 8.42 Å². The first-order valence-electron chi connectivity index (χ1n) is 5.59. The quantitative estimate of drug-likeness (QED) is 0.745. The first-order chi connectivity index (χ1) is 7.87. The van der Waals surface area contributed by atoms with E-state index >= 15 is 0 Å². The molecule has 0 bridgehead atoms. The third kappa shape index (κ3) is 6.41. The van der Waals surface area contributed by atoms with Crippen LogP contribution in [-0.2, 0) is 16.6 Å². The van der Waals surface area contributed by atoms with Gasteiger partial charge in [0.15, 0.2) is 0 Å². The fourth-order valence-corrected chi connectivity index (χ4v) is 2.20. The molecule has 1 rings (SSSR count). The van der Waals surface area contributed by atoms with Gasteiger partial charge in [0, 0.05) is 19.6 Å². The van der Waals surface area contributed by atoms with Crippen LogP contribution in [-0.4, -0.2) is 27.8 Å². The molecule has 0 amide bonds. The molecule has 0 atom stereocenters. The zero-order valence-electron chi connectivity index (χ0n) is 10.6. The number of benzene rings is 1. The van der Waals surface area contributed by atoms with Gasteiger partial charge < -0.3 is 5.32 Å².